The third-order valence-corrected chi connectivity index (χ3v) is 2.43. The highest BCUT2D eigenvalue weighted by Gasteiger charge is 2.23. The van der Waals surface area contributed by atoms with E-state index >= 15 is 0 Å². The first-order chi connectivity index (χ1) is 7.47. The van der Waals surface area contributed by atoms with Crippen LogP contribution in [0.25, 0.3) is 0 Å². The lowest BCUT2D eigenvalue weighted by molar-refractivity contribution is -0.141. The van der Waals surface area contributed by atoms with Gasteiger partial charge in [-0.2, -0.15) is 0 Å². The van der Waals surface area contributed by atoms with Crippen molar-refractivity contribution < 1.29 is 14.3 Å². The molecule has 0 aliphatic heterocycles. The Morgan fingerprint density at radius 3 is 2.00 bits per heavy atom. The second-order valence-electron chi connectivity index (χ2n) is 3.75. The predicted octanol–water partition coefficient (Wildman–Crippen LogP) is 1.33. The number of esters is 1. The van der Waals surface area contributed by atoms with Crippen molar-refractivity contribution in [2.75, 3.05) is 26.7 Å². The monoisotopic (exact) mass is 230 g/mol. The summed E-state index contributed by atoms with van der Waals surface area (Å²) in [6, 6.07) is -0.141. The molecule has 0 aromatic carbocycles. The van der Waals surface area contributed by atoms with Crippen LogP contribution in [0, 0.1) is 0 Å². The van der Waals surface area contributed by atoms with E-state index in [1.54, 1.807) is 4.90 Å². The number of amides is 2. The molecule has 0 saturated carbocycles. The molecule has 0 aliphatic carbocycles. The molecule has 0 fully saturated rings. The first-order valence-electron chi connectivity index (χ1n) is 5.60. The van der Waals surface area contributed by atoms with Crippen LogP contribution in [0.1, 0.15) is 27.7 Å². The van der Waals surface area contributed by atoms with Gasteiger partial charge in [0.1, 0.15) is 6.54 Å². The smallest absolute Gasteiger partial charge is 0.325 e. The summed E-state index contributed by atoms with van der Waals surface area (Å²) in [6.07, 6.45) is 0. The van der Waals surface area contributed by atoms with Gasteiger partial charge in [-0.25, -0.2) is 4.79 Å². The first kappa shape index (κ1) is 14.7. The molecule has 5 heteroatoms. The predicted molar refractivity (Wildman–Crippen MR) is 62.2 cm³/mol. The third-order valence-electron chi connectivity index (χ3n) is 2.43. The van der Waals surface area contributed by atoms with Gasteiger partial charge in [0.05, 0.1) is 7.11 Å². The van der Waals surface area contributed by atoms with Gasteiger partial charge in [0, 0.05) is 19.1 Å². The minimum absolute atomic E-state index is 0.00347. The van der Waals surface area contributed by atoms with E-state index < -0.39 is 5.97 Å². The maximum absolute atomic E-state index is 12.0. The van der Waals surface area contributed by atoms with Crippen LogP contribution < -0.4 is 0 Å². The molecular formula is C11H22N2O3. The number of methoxy groups -OCH3 is 1. The Bertz CT molecular complexity index is 237. The number of carbonyl (C=O) groups excluding carboxylic acids is 2. The minimum atomic E-state index is -0.394. The highest BCUT2D eigenvalue weighted by Crippen LogP contribution is 2.04. The molecule has 0 aromatic heterocycles. The van der Waals surface area contributed by atoms with Gasteiger partial charge in [0.2, 0.25) is 0 Å². The van der Waals surface area contributed by atoms with Crippen LogP contribution in [-0.2, 0) is 9.53 Å². The average Bonchev–Trinajstić information content (AvgIpc) is 2.26. The quantitative estimate of drug-likeness (QED) is 0.669. The topological polar surface area (TPSA) is 49.9 Å². The molecule has 0 bridgehead atoms. The van der Waals surface area contributed by atoms with Crippen molar-refractivity contribution in [1.82, 2.24) is 9.80 Å². The molecule has 0 saturated heterocycles. The van der Waals surface area contributed by atoms with Gasteiger partial charge in [0.25, 0.3) is 0 Å². The SMILES string of the molecule is CCN(CC)C(=O)N(CC(=O)OC)C(C)C. The molecule has 2 amide bonds. The van der Waals surface area contributed by atoms with E-state index in [0.29, 0.717) is 13.1 Å². The summed E-state index contributed by atoms with van der Waals surface area (Å²) in [6.45, 7) is 8.87. The van der Waals surface area contributed by atoms with Crippen LogP contribution in [0.15, 0.2) is 0 Å². The summed E-state index contributed by atoms with van der Waals surface area (Å²) in [4.78, 5) is 26.4. The summed E-state index contributed by atoms with van der Waals surface area (Å²) >= 11 is 0. The van der Waals surface area contributed by atoms with E-state index in [1.165, 1.54) is 12.0 Å². The minimum Gasteiger partial charge on any atom is -0.468 e. The van der Waals surface area contributed by atoms with Crippen molar-refractivity contribution in [3.8, 4) is 0 Å². The summed E-state index contributed by atoms with van der Waals surface area (Å²) in [5.74, 6) is -0.394. The van der Waals surface area contributed by atoms with E-state index in [1.807, 2.05) is 27.7 Å². The second kappa shape index (κ2) is 7.09. The molecule has 0 rings (SSSR count). The number of rotatable bonds is 5. The fourth-order valence-electron chi connectivity index (χ4n) is 1.35. The van der Waals surface area contributed by atoms with Crippen LogP contribution in [-0.4, -0.2) is 54.6 Å². The van der Waals surface area contributed by atoms with Crippen LogP contribution in [0.4, 0.5) is 4.79 Å². The van der Waals surface area contributed by atoms with Crippen molar-refractivity contribution in [3.05, 3.63) is 0 Å². The number of carbonyl (C=O) groups is 2. The molecule has 0 aromatic rings. The number of ether oxygens (including phenoxy) is 1. The lowest BCUT2D eigenvalue weighted by Crippen LogP contribution is -2.48. The number of nitrogens with zero attached hydrogens (tertiary/aromatic N) is 2. The molecule has 0 heterocycles. The molecule has 0 N–H and O–H groups in total. The highest BCUT2D eigenvalue weighted by atomic mass is 16.5. The number of hydrogen-bond acceptors (Lipinski definition) is 3. The molecule has 0 aliphatic rings. The second-order valence-corrected chi connectivity index (χ2v) is 3.75. The van der Waals surface area contributed by atoms with Crippen molar-refractivity contribution in [2.24, 2.45) is 0 Å². The standard InChI is InChI=1S/C11H22N2O3/c1-6-12(7-2)11(15)13(9(3)4)8-10(14)16-5/h9H,6-8H2,1-5H3. The fourth-order valence-corrected chi connectivity index (χ4v) is 1.35. The number of hydrogen-bond donors (Lipinski definition) is 0. The van der Waals surface area contributed by atoms with E-state index in [4.69, 9.17) is 0 Å². The van der Waals surface area contributed by atoms with Crippen molar-refractivity contribution in [2.45, 2.75) is 33.7 Å². The van der Waals surface area contributed by atoms with Gasteiger partial charge in [-0.05, 0) is 27.7 Å². The lowest BCUT2D eigenvalue weighted by atomic mass is 10.3. The van der Waals surface area contributed by atoms with Crippen molar-refractivity contribution in [3.63, 3.8) is 0 Å². The maximum atomic E-state index is 12.0. The van der Waals surface area contributed by atoms with Crippen molar-refractivity contribution in [1.29, 1.82) is 0 Å². The zero-order chi connectivity index (χ0) is 12.7. The fraction of sp³-hybridized carbons (Fsp3) is 0.818. The summed E-state index contributed by atoms with van der Waals surface area (Å²) < 4.78 is 4.58. The van der Waals surface area contributed by atoms with Gasteiger partial charge in [-0.15, -0.1) is 0 Å². The highest BCUT2D eigenvalue weighted by molar-refractivity contribution is 5.81. The molecule has 5 nitrogen and oxygen atoms in total. The summed E-state index contributed by atoms with van der Waals surface area (Å²) in [5.41, 5.74) is 0. The van der Waals surface area contributed by atoms with Gasteiger partial charge < -0.3 is 14.5 Å². The van der Waals surface area contributed by atoms with Gasteiger partial charge in [-0.3, -0.25) is 4.79 Å². The number of urea groups is 1. The van der Waals surface area contributed by atoms with Crippen LogP contribution in [0.5, 0.6) is 0 Å². The maximum Gasteiger partial charge on any atom is 0.325 e. The Morgan fingerprint density at radius 1 is 1.19 bits per heavy atom. The van der Waals surface area contributed by atoms with E-state index in [2.05, 4.69) is 4.74 Å². The Kier molecular flexibility index (Phi) is 6.53. The Labute approximate surface area is 97.3 Å². The van der Waals surface area contributed by atoms with Crippen molar-refractivity contribution >= 4 is 12.0 Å². The van der Waals surface area contributed by atoms with Crippen LogP contribution in [0.2, 0.25) is 0 Å². The zero-order valence-electron chi connectivity index (χ0n) is 10.8. The summed E-state index contributed by atoms with van der Waals surface area (Å²) in [5, 5.41) is 0. The lowest BCUT2D eigenvalue weighted by Gasteiger charge is -2.31. The molecule has 0 unspecified atom stereocenters. The van der Waals surface area contributed by atoms with Crippen LogP contribution >= 0.6 is 0 Å². The molecule has 0 radical (unpaired) electrons. The van der Waals surface area contributed by atoms with Gasteiger partial charge in [-0.1, -0.05) is 0 Å². The largest absolute Gasteiger partial charge is 0.468 e. The molecule has 0 atom stereocenters. The molecule has 16 heavy (non-hydrogen) atoms. The Hall–Kier alpha value is -1.26. The first-order valence-corrected chi connectivity index (χ1v) is 5.60. The molecule has 94 valence electrons. The van der Waals surface area contributed by atoms with E-state index in [9.17, 15) is 9.59 Å². The van der Waals surface area contributed by atoms with E-state index in [0.717, 1.165) is 0 Å². The normalized spacial score (nSPS) is 10.1. The zero-order valence-corrected chi connectivity index (χ0v) is 10.8. The summed E-state index contributed by atoms with van der Waals surface area (Å²) in [7, 11) is 1.32. The molecule has 0 spiro atoms. The molecular weight excluding hydrogens is 208 g/mol. The van der Waals surface area contributed by atoms with Crippen LogP contribution in [0.3, 0.4) is 0 Å². The Balaban J connectivity index is 4.64. The third kappa shape index (κ3) is 4.08. The van der Waals surface area contributed by atoms with E-state index in [-0.39, 0.29) is 18.6 Å². The van der Waals surface area contributed by atoms with Gasteiger partial charge in [0.15, 0.2) is 0 Å². The average molecular weight is 230 g/mol. The Morgan fingerprint density at radius 2 is 1.69 bits per heavy atom. The van der Waals surface area contributed by atoms with Gasteiger partial charge >= 0.3 is 12.0 Å².